The van der Waals surface area contributed by atoms with Gasteiger partial charge in [0.25, 0.3) is 0 Å². The van der Waals surface area contributed by atoms with Crippen LogP contribution in [0, 0.1) is 0 Å². The van der Waals surface area contributed by atoms with E-state index in [0.717, 1.165) is 0 Å². The zero-order valence-electron chi connectivity index (χ0n) is 14.9. The normalized spacial score (nSPS) is 44.9. The summed E-state index contributed by atoms with van der Waals surface area (Å²) in [6.45, 7) is -0.216. The fourth-order valence-corrected chi connectivity index (χ4v) is 4.86. The second kappa shape index (κ2) is 9.61. The predicted molar refractivity (Wildman–Crippen MR) is 87.9 cm³/mol. The summed E-state index contributed by atoms with van der Waals surface area (Å²) < 4.78 is 46.7. The van der Waals surface area contributed by atoms with Gasteiger partial charge in [0.15, 0.2) is 6.29 Å². The lowest BCUT2D eigenvalue weighted by atomic mass is 10.00. The Bertz CT molecular complexity index is 645. The van der Waals surface area contributed by atoms with Gasteiger partial charge < -0.3 is 49.9 Å². The molecular formula is C12H24O15P2. The summed E-state index contributed by atoms with van der Waals surface area (Å²) in [7, 11) is -10.7. The third kappa shape index (κ3) is 6.23. The molecule has 172 valence electrons. The number of rotatable bonds is 8. The summed E-state index contributed by atoms with van der Waals surface area (Å²) in [6.07, 6.45) is -14.1. The molecule has 11 atom stereocenters. The minimum absolute atomic E-state index is 0.795. The first-order chi connectivity index (χ1) is 13.3. The number of phosphoric acid groups is 2. The average molecular weight is 470 g/mol. The van der Waals surface area contributed by atoms with E-state index in [0.29, 0.717) is 0 Å². The van der Waals surface area contributed by atoms with Gasteiger partial charge in [0, 0.05) is 0 Å². The second-order valence-corrected chi connectivity index (χ2v) is 9.47. The SMILES string of the molecule is CC1OC(COP(=O)(O)OP(=O)(O)OC2OC(CO)C(O)C(O)C2O)C(O)C1O. The predicted octanol–water partition coefficient (Wildman–Crippen LogP) is -3.45. The van der Waals surface area contributed by atoms with Crippen LogP contribution in [0.25, 0.3) is 0 Å². The fraction of sp³-hybridized carbons (Fsp3) is 1.00. The van der Waals surface area contributed by atoms with Crippen molar-refractivity contribution in [1.82, 2.24) is 0 Å². The minimum atomic E-state index is -5.45. The van der Waals surface area contributed by atoms with Crippen molar-refractivity contribution in [3.8, 4) is 0 Å². The minimum Gasteiger partial charge on any atom is -0.394 e. The summed E-state index contributed by atoms with van der Waals surface area (Å²) in [5.41, 5.74) is 0. The van der Waals surface area contributed by atoms with Crippen LogP contribution in [0.15, 0.2) is 0 Å². The van der Waals surface area contributed by atoms with Crippen LogP contribution in [0.1, 0.15) is 6.92 Å². The van der Waals surface area contributed by atoms with E-state index in [1.165, 1.54) is 6.92 Å². The number of aliphatic hydroxyl groups excluding tert-OH is 6. The molecule has 0 radical (unpaired) electrons. The molecule has 0 spiro atoms. The van der Waals surface area contributed by atoms with Gasteiger partial charge in [-0.1, -0.05) is 0 Å². The lowest BCUT2D eigenvalue weighted by molar-refractivity contribution is -0.280. The molecule has 0 bridgehead atoms. The Balaban J connectivity index is 1.95. The van der Waals surface area contributed by atoms with Crippen LogP contribution in [-0.4, -0.2) is 109 Å². The van der Waals surface area contributed by atoms with Crippen molar-refractivity contribution in [1.29, 1.82) is 0 Å². The molecule has 2 fully saturated rings. The highest BCUT2D eigenvalue weighted by molar-refractivity contribution is 7.61. The Kier molecular flexibility index (Phi) is 8.35. The van der Waals surface area contributed by atoms with Crippen molar-refractivity contribution < 1.29 is 72.4 Å². The smallest absolute Gasteiger partial charge is 0.394 e. The second-order valence-electron chi connectivity index (χ2n) is 6.48. The molecular weight excluding hydrogens is 446 g/mol. The van der Waals surface area contributed by atoms with Crippen LogP contribution in [0.3, 0.4) is 0 Å². The van der Waals surface area contributed by atoms with E-state index >= 15 is 0 Å². The van der Waals surface area contributed by atoms with Gasteiger partial charge in [-0.3, -0.25) is 9.05 Å². The lowest BCUT2D eigenvalue weighted by Gasteiger charge is -2.39. The highest BCUT2D eigenvalue weighted by atomic mass is 31.3. The van der Waals surface area contributed by atoms with Crippen LogP contribution < -0.4 is 0 Å². The van der Waals surface area contributed by atoms with Gasteiger partial charge in [0.05, 0.1) is 19.3 Å². The van der Waals surface area contributed by atoms with Gasteiger partial charge in [-0.05, 0) is 6.92 Å². The zero-order valence-corrected chi connectivity index (χ0v) is 16.7. The molecule has 2 heterocycles. The number of aliphatic hydroxyl groups is 6. The summed E-state index contributed by atoms with van der Waals surface area (Å²) in [4.78, 5) is 19.2. The Morgan fingerprint density at radius 2 is 1.41 bits per heavy atom. The quantitative estimate of drug-likeness (QED) is 0.161. The number of hydrogen-bond acceptors (Lipinski definition) is 13. The third-order valence-corrected chi connectivity index (χ3v) is 6.90. The average Bonchev–Trinajstić information content (AvgIpc) is 2.86. The Morgan fingerprint density at radius 1 is 0.828 bits per heavy atom. The molecule has 17 heteroatoms. The van der Waals surface area contributed by atoms with Gasteiger partial charge in [-0.2, -0.15) is 4.31 Å². The molecule has 2 saturated heterocycles. The number of hydrogen-bond donors (Lipinski definition) is 8. The third-order valence-electron chi connectivity index (χ3n) is 4.30. The fourth-order valence-electron chi connectivity index (χ4n) is 2.70. The molecule has 0 aromatic heterocycles. The van der Waals surface area contributed by atoms with Gasteiger partial charge >= 0.3 is 15.6 Å². The van der Waals surface area contributed by atoms with E-state index in [1.807, 2.05) is 0 Å². The van der Waals surface area contributed by atoms with E-state index in [2.05, 4.69) is 13.4 Å². The topological polar surface area (TPSA) is 242 Å². The van der Waals surface area contributed by atoms with E-state index in [1.54, 1.807) is 0 Å². The van der Waals surface area contributed by atoms with Crippen LogP contribution in [-0.2, 0) is 32.0 Å². The van der Waals surface area contributed by atoms with Crippen molar-refractivity contribution in [2.24, 2.45) is 0 Å². The largest absolute Gasteiger partial charge is 0.483 e. The van der Waals surface area contributed by atoms with Crippen LogP contribution in [0.4, 0.5) is 0 Å². The molecule has 29 heavy (non-hydrogen) atoms. The summed E-state index contributed by atoms with van der Waals surface area (Å²) >= 11 is 0. The highest BCUT2D eigenvalue weighted by Gasteiger charge is 2.49. The van der Waals surface area contributed by atoms with Crippen molar-refractivity contribution >= 4 is 15.6 Å². The Hall–Kier alpha value is -0.0600. The van der Waals surface area contributed by atoms with Crippen molar-refractivity contribution in [3.05, 3.63) is 0 Å². The van der Waals surface area contributed by atoms with Crippen LogP contribution in [0.5, 0.6) is 0 Å². The lowest BCUT2D eigenvalue weighted by Crippen LogP contribution is -2.58. The molecule has 2 rings (SSSR count). The first-order valence-electron chi connectivity index (χ1n) is 8.30. The molecule has 8 N–H and O–H groups in total. The Morgan fingerprint density at radius 3 is 1.93 bits per heavy atom. The zero-order chi connectivity index (χ0) is 22.1. The molecule has 0 aliphatic carbocycles. The highest BCUT2D eigenvalue weighted by Crippen LogP contribution is 2.61. The molecule has 0 amide bonds. The molecule has 2 aliphatic rings. The molecule has 2 aliphatic heterocycles. The maximum atomic E-state index is 12.0. The maximum absolute atomic E-state index is 12.0. The molecule has 0 saturated carbocycles. The van der Waals surface area contributed by atoms with Crippen LogP contribution in [0.2, 0.25) is 0 Å². The molecule has 0 aromatic carbocycles. The monoisotopic (exact) mass is 470 g/mol. The summed E-state index contributed by atoms with van der Waals surface area (Å²) in [6, 6.07) is 0. The van der Waals surface area contributed by atoms with Gasteiger partial charge in [-0.15, -0.1) is 0 Å². The molecule has 0 aromatic rings. The molecule has 11 unspecified atom stereocenters. The van der Waals surface area contributed by atoms with Crippen LogP contribution >= 0.6 is 15.6 Å². The first kappa shape index (κ1) is 25.2. The Labute approximate surface area is 164 Å². The summed E-state index contributed by atoms with van der Waals surface area (Å²) in [5.74, 6) is 0. The maximum Gasteiger partial charge on any atom is 0.483 e. The van der Waals surface area contributed by atoms with Crippen molar-refractivity contribution in [2.75, 3.05) is 13.2 Å². The van der Waals surface area contributed by atoms with Crippen molar-refractivity contribution in [2.45, 2.75) is 62.0 Å². The van der Waals surface area contributed by atoms with Gasteiger partial charge in [0.1, 0.15) is 42.7 Å². The van der Waals surface area contributed by atoms with Crippen molar-refractivity contribution in [3.63, 3.8) is 0 Å². The van der Waals surface area contributed by atoms with E-state index < -0.39 is 84.0 Å². The van der Waals surface area contributed by atoms with E-state index in [4.69, 9.17) is 14.6 Å². The molecule has 15 nitrogen and oxygen atoms in total. The van der Waals surface area contributed by atoms with E-state index in [-0.39, 0.29) is 0 Å². The van der Waals surface area contributed by atoms with E-state index in [9.17, 15) is 44.4 Å². The number of phosphoric ester groups is 2. The van der Waals surface area contributed by atoms with Gasteiger partial charge in [-0.25, -0.2) is 9.13 Å². The first-order valence-corrected chi connectivity index (χ1v) is 11.3. The van der Waals surface area contributed by atoms with Gasteiger partial charge in [0.2, 0.25) is 0 Å². The standard InChI is InChI=1S/C12H24O15P2/c1-4-7(14)9(16)6(24-4)3-23-28(19,20)27-29(21,22)26-12-11(18)10(17)8(15)5(2-13)25-12/h4-18H,2-3H2,1H3,(H,19,20)(H,21,22). The summed E-state index contributed by atoms with van der Waals surface area (Å²) in [5, 5.41) is 57.3. The number of ether oxygens (including phenoxy) is 2.